The van der Waals surface area contributed by atoms with Crippen LogP contribution in [0.25, 0.3) is 0 Å². The van der Waals surface area contributed by atoms with E-state index < -0.39 is 59.3 Å². The highest BCUT2D eigenvalue weighted by Gasteiger charge is 2.47. The van der Waals surface area contributed by atoms with Gasteiger partial charge < -0.3 is 36.2 Å². The van der Waals surface area contributed by atoms with Crippen molar-refractivity contribution in [3.05, 3.63) is 12.7 Å². The lowest BCUT2D eigenvalue weighted by atomic mass is 9.82. The fourth-order valence-electron chi connectivity index (χ4n) is 7.67. The molecule has 6 amide bonds. The Balaban J connectivity index is 1.82. The van der Waals surface area contributed by atoms with Crippen LogP contribution in [-0.4, -0.2) is 90.4 Å². The molecule has 2 saturated carbocycles. The van der Waals surface area contributed by atoms with Gasteiger partial charge in [-0.25, -0.2) is 9.59 Å². The summed E-state index contributed by atoms with van der Waals surface area (Å²) in [5.74, 6) is -1.46. The van der Waals surface area contributed by atoms with Gasteiger partial charge in [0, 0.05) is 19.1 Å². The van der Waals surface area contributed by atoms with E-state index in [-0.39, 0.29) is 43.4 Å². The molecule has 3 rings (SSSR count). The molecule has 1 aliphatic heterocycles. The van der Waals surface area contributed by atoms with Gasteiger partial charge in [0.05, 0.1) is 12.1 Å². The monoisotopic (exact) mass is 702 g/mol. The Labute approximate surface area is 298 Å². The van der Waals surface area contributed by atoms with Crippen molar-refractivity contribution in [2.75, 3.05) is 19.7 Å². The van der Waals surface area contributed by atoms with Crippen molar-refractivity contribution in [3.63, 3.8) is 0 Å². The molecule has 13 nitrogen and oxygen atoms in total. The lowest BCUT2D eigenvalue weighted by Gasteiger charge is -2.34. The predicted molar refractivity (Wildman–Crippen MR) is 191 cm³/mol. The van der Waals surface area contributed by atoms with Crippen LogP contribution < -0.4 is 26.6 Å². The highest BCUT2D eigenvalue weighted by Crippen LogP contribution is 2.46. The van der Waals surface area contributed by atoms with Crippen LogP contribution in [0.4, 0.5) is 9.59 Å². The van der Waals surface area contributed by atoms with Crippen molar-refractivity contribution in [2.24, 2.45) is 29.1 Å². The molecule has 0 bridgehead atoms. The number of carbonyl (C=O) groups is 6. The van der Waals surface area contributed by atoms with Crippen LogP contribution in [-0.2, 0) is 23.9 Å². The maximum Gasteiger partial charge on any atom is 0.407 e. The Bertz CT molecular complexity index is 1220. The van der Waals surface area contributed by atoms with Crippen LogP contribution in [0.15, 0.2) is 12.7 Å². The second-order valence-corrected chi connectivity index (χ2v) is 16.0. The number of hydrogen-bond acceptors (Lipinski definition) is 7. The molecule has 1 heterocycles. The van der Waals surface area contributed by atoms with Crippen LogP contribution in [0.3, 0.4) is 0 Å². The molecule has 50 heavy (non-hydrogen) atoms. The molecule has 3 fully saturated rings. The molecule has 282 valence electrons. The fourth-order valence-corrected chi connectivity index (χ4v) is 7.67. The van der Waals surface area contributed by atoms with Gasteiger partial charge in [-0.2, -0.15) is 0 Å². The van der Waals surface area contributed by atoms with Crippen LogP contribution >= 0.6 is 0 Å². The molecule has 0 aromatic carbocycles. The number of urea groups is 1. The molecule has 2 aliphatic carbocycles. The summed E-state index contributed by atoms with van der Waals surface area (Å²) in [6, 6.07) is -3.95. The molecular weight excluding hydrogens is 640 g/mol. The first-order valence-corrected chi connectivity index (χ1v) is 18.6. The normalized spacial score (nSPS) is 25.0. The maximum atomic E-state index is 14.6. The summed E-state index contributed by atoms with van der Waals surface area (Å²) in [5.41, 5.74) is -0.472. The molecule has 0 aromatic heterocycles. The molecule has 13 heteroatoms. The van der Waals surface area contributed by atoms with E-state index in [4.69, 9.17) is 4.74 Å². The number of ketones is 1. The summed E-state index contributed by atoms with van der Waals surface area (Å²) in [4.78, 5) is 81.3. The average molecular weight is 703 g/mol. The van der Waals surface area contributed by atoms with E-state index in [0.717, 1.165) is 38.5 Å². The molecule has 1 saturated heterocycles. The zero-order valence-electron chi connectivity index (χ0n) is 31.3. The Kier molecular flexibility index (Phi) is 15.1. The lowest BCUT2D eigenvalue weighted by molar-refractivity contribution is -0.143. The first-order chi connectivity index (χ1) is 23.5. The molecule has 5 N–H and O–H groups in total. The number of fused-ring (bicyclic) bond motifs is 1. The summed E-state index contributed by atoms with van der Waals surface area (Å²) in [6.07, 6.45) is 8.28. The van der Waals surface area contributed by atoms with Gasteiger partial charge in [0.2, 0.25) is 17.6 Å². The zero-order chi connectivity index (χ0) is 37.2. The van der Waals surface area contributed by atoms with Gasteiger partial charge in [-0.3, -0.25) is 19.2 Å². The number of carbonyl (C=O) groups excluding carboxylic acids is 6. The highest BCUT2D eigenvalue weighted by molar-refractivity contribution is 6.38. The quantitative estimate of drug-likeness (QED) is 0.127. The molecule has 3 aliphatic rings. The van der Waals surface area contributed by atoms with Gasteiger partial charge in [0.1, 0.15) is 18.7 Å². The predicted octanol–water partition coefficient (Wildman–Crippen LogP) is 3.81. The van der Waals surface area contributed by atoms with E-state index in [1.165, 1.54) is 6.08 Å². The third-order valence-corrected chi connectivity index (χ3v) is 10.4. The van der Waals surface area contributed by atoms with Crippen molar-refractivity contribution in [2.45, 2.75) is 136 Å². The Morgan fingerprint density at radius 1 is 0.940 bits per heavy atom. The van der Waals surface area contributed by atoms with Crippen molar-refractivity contribution in [1.82, 2.24) is 31.5 Å². The van der Waals surface area contributed by atoms with Crippen LogP contribution in [0.5, 0.6) is 0 Å². The average Bonchev–Trinajstić information content (AvgIpc) is 3.66. The van der Waals surface area contributed by atoms with Gasteiger partial charge in [0.15, 0.2) is 0 Å². The zero-order valence-corrected chi connectivity index (χ0v) is 31.3. The van der Waals surface area contributed by atoms with Crippen molar-refractivity contribution in [3.8, 4) is 0 Å². The SMILES string of the molecule is C=CCNC(=O)C(=O)C(CCC)NC(=O)C1C[C@@H](C)CN1C(=O)C(NC(=O)N[C@H](COC(=O)NC(C)C)C(C)(C)C)C1CC2CCCC[C@H]2C1. The summed E-state index contributed by atoms with van der Waals surface area (Å²) in [5, 5.41) is 13.9. The first-order valence-electron chi connectivity index (χ1n) is 18.6. The van der Waals surface area contributed by atoms with E-state index >= 15 is 0 Å². The minimum Gasteiger partial charge on any atom is -0.447 e. The van der Waals surface area contributed by atoms with E-state index in [9.17, 15) is 28.8 Å². The van der Waals surface area contributed by atoms with Gasteiger partial charge in [-0.05, 0) is 68.6 Å². The summed E-state index contributed by atoms with van der Waals surface area (Å²) in [7, 11) is 0. The minimum absolute atomic E-state index is 0.00552. The minimum atomic E-state index is -1.03. The first kappa shape index (κ1) is 40.8. The van der Waals surface area contributed by atoms with Gasteiger partial charge in [0.25, 0.3) is 5.91 Å². The van der Waals surface area contributed by atoms with E-state index in [1.54, 1.807) is 4.90 Å². The van der Waals surface area contributed by atoms with Crippen LogP contribution in [0.2, 0.25) is 0 Å². The van der Waals surface area contributed by atoms with Gasteiger partial charge in [-0.1, -0.05) is 72.8 Å². The second kappa shape index (κ2) is 18.6. The number of nitrogens with zero attached hydrogens (tertiary/aromatic N) is 1. The molecule has 0 spiro atoms. The summed E-state index contributed by atoms with van der Waals surface area (Å²) < 4.78 is 5.43. The molecule has 0 radical (unpaired) electrons. The number of amides is 6. The fraction of sp³-hybridized carbons (Fsp3) is 0.784. The van der Waals surface area contributed by atoms with Gasteiger partial charge in [-0.15, -0.1) is 6.58 Å². The van der Waals surface area contributed by atoms with E-state index in [0.29, 0.717) is 31.2 Å². The van der Waals surface area contributed by atoms with Crippen LogP contribution in [0.1, 0.15) is 106 Å². The third-order valence-electron chi connectivity index (χ3n) is 10.4. The highest BCUT2D eigenvalue weighted by atomic mass is 16.5. The third kappa shape index (κ3) is 11.4. The Hall–Kier alpha value is -3.64. The van der Waals surface area contributed by atoms with Gasteiger partial charge >= 0.3 is 12.1 Å². The number of ether oxygens (including phenoxy) is 1. The number of alkyl carbamates (subject to hydrolysis) is 1. The Morgan fingerprint density at radius 2 is 1.58 bits per heavy atom. The molecule has 5 unspecified atom stereocenters. The number of nitrogens with one attached hydrogen (secondary N) is 5. The second-order valence-electron chi connectivity index (χ2n) is 16.0. The van der Waals surface area contributed by atoms with Crippen LogP contribution in [0, 0.1) is 29.1 Å². The molecular formula is C37H62N6O7. The van der Waals surface area contributed by atoms with E-state index in [2.05, 4.69) is 33.2 Å². The topological polar surface area (TPSA) is 175 Å². The molecule has 8 atom stereocenters. The van der Waals surface area contributed by atoms with E-state index in [1.807, 2.05) is 48.5 Å². The number of Topliss-reactive ketones (excluding diaryl/α,β-unsaturated/α-hetero) is 1. The maximum absolute atomic E-state index is 14.6. The van der Waals surface area contributed by atoms with Crippen molar-refractivity contribution in [1.29, 1.82) is 0 Å². The van der Waals surface area contributed by atoms with Crippen molar-refractivity contribution < 1.29 is 33.5 Å². The lowest BCUT2D eigenvalue weighted by Crippen LogP contribution is -2.60. The molecule has 0 aromatic rings. The number of rotatable bonds is 15. The standard InChI is InChI=1S/C37H62N6O7/c1-9-13-27(31(44)33(46)38-16-10-2)40-32(45)28-17-23(5)20-43(28)34(47)30(26-18-24-14-11-12-15-25(24)19-26)42-35(48)41-29(37(6,7)8)21-50-36(49)39-22(3)4/h10,22-30H,2,9,11-21H2,1,3-8H3,(H,38,46)(H,39,49)(H,40,45)(H2,41,42,48)/t23-,24+,25?,26?,27?,28?,29-,30?/m1/s1. The number of hydrogen-bond donors (Lipinski definition) is 5. The number of likely N-dealkylation sites (tertiary alicyclic amines) is 1. The Morgan fingerprint density at radius 3 is 2.14 bits per heavy atom. The summed E-state index contributed by atoms with van der Waals surface area (Å²) >= 11 is 0. The van der Waals surface area contributed by atoms with Crippen molar-refractivity contribution >= 4 is 35.6 Å². The smallest absolute Gasteiger partial charge is 0.407 e. The summed E-state index contributed by atoms with van der Waals surface area (Å²) in [6.45, 7) is 17.2. The largest absolute Gasteiger partial charge is 0.447 e.